The molecule has 0 aliphatic rings. The van der Waals surface area contributed by atoms with Crippen LogP contribution in [-0.2, 0) is 28.6 Å². The summed E-state index contributed by atoms with van der Waals surface area (Å²) in [7, 11) is 0. The van der Waals surface area contributed by atoms with Gasteiger partial charge < -0.3 is 14.2 Å². The summed E-state index contributed by atoms with van der Waals surface area (Å²) in [5, 5.41) is 0. The first-order valence-corrected chi connectivity index (χ1v) is 35.8. The second-order valence-corrected chi connectivity index (χ2v) is 24.5. The van der Waals surface area contributed by atoms with Crippen molar-refractivity contribution in [1.29, 1.82) is 0 Å². The van der Waals surface area contributed by atoms with Crippen molar-refractivity contribution in [2.45, 2.75) is 412 Å². The Kier molecular flexibility index (Phi) is 66.6. The smallest absolute Gasteiger partial charge is 0.306 e. The molecule has 466 valence electrons. The molecule has 0 aromatic rings. The number of hydrogen-bond donors (Lipinski definition) is 0. The standard InChI is InChI=1S/C73H138O6/c1-4-7-10-13-16-19-21-23-25-27-29-30-31-32-33-34-35-36-37-38-39-40-41-42-43-44-46-47-49-51-54-57-60-63-66-72(75)78-69-70(68-77-71(74)65-62-59-56-53-18-15-12-9-6-3)79-73(76)67-64-61-58-55-52-50-48-45-28-26-24-22-20-17-14-11-8-5-2/h20,22,26,28,70H,4-19,21,23-25,27,29-69H2,1-3H3/b22-20-,28-26-. The monoisotopic (exact) mass is 1110 g/mol. The van der Waals surface area contributed by atoms with Crippen LogP contribution in [0.15, 0.2) is 24.3 Å². The Morgan fingerprint density at radius 3 is 0.709 bits per heavy atom. The molecule has 0 heterocycles. The minimum atomic E-state index is -0.771. The molecule has 0 saturated carbocycles. The maximum atomic E-state index is 12.9. The molecule has 0 amide bonds. The molecule has 0 bridgehead atoms. The first-order valence-electron chi connectivity index (χ1n) is 35.8. The molecule has 1 unspecified atom stereocenters. The molecular weight excluding hydrogens is 973 g/mol. The van der Waals surface area contributed by atoms with Crippen LogP contribution < -0.4 is 0 Å². The molecule has 0 aromatic carbocycles. The average Bonchev–Trinajstić information content (AvgIpc) is 3.45. The summed E-state index contributed by atoms with van der Waals surface area (Å²) in [6.07, 6.45) is 83.9. The summed E-state index contributed by atoms with van der Waals surface area (Å²) in [6, 6.07) is 0. The normalized spacial score (nSPS) is 12.1. The van der Waals surface area contributed by atoms with Crippen molar-refractivity contribution in [1.82, 2.24) is 0 Å². The van der Waals surface area contributed by atoms with Gasteiger partial charge in [0.15, 0.2) is 6.10 Å². The molecule has 0 aliphatic heterocycles. The van der Waals surface area contributed by atoms with Crippen LogP contribution in [-0.4, -0.2) is 37.2 Å². The van der Waals surface area contributed by atoms with Crippen LogP contribution in [0.2, 0.25) is 0 Å². The Morgan fingerprint density at radius 2 is 0.456 bits per heavy atom. The van der Waals surface area contributed by atoms with Crippen molar-refractivity contribution in [2.75, 3.05) is 13.2 Å². The number of rotatable bonds is 67. The largest absolute Gasteiger partial charge is 0.462 e. The minimum absolute atomic E-state index is 0.0689. The maximum Gasteiger partial charge on any atom is 0.306 e. The van der Waals surface area contributed by atoms with Crippen molar-refractivity contribution in [3.05, 3.63) is 24.3 Å². The Bertz CT molecular complexity index is 1270. The maximum absolute atomic E-state index is 12.9. The number of allylic oxidation sites excluding steroid dienone is 4. The fraction of sp³-hybridized carbons (Fsp3) is 0.904. The third-order valence-corrected chi connectivity index (χ3v) is 16.5. The topological polar surface area (TPSA) is 78.9 Å². The van der Waals surface area contributed by atoms with Crippen LogP contribution in [0.5, 0.6) is 0 Å². The summed E-state index contributed by atoms with van der Waals surface area (Å²) in [4.78, 5) is 38.2. The van der Waals surface area contributed by atoms with Gasteiger partial charge >= 0.3 is 17.9 Å². The molecular formula is C73H138O6. The molecule has 79 heavy (non-hydrogen) atoms. The lowest BCUT2D eigenvalue weighted by atomic mass is 10.0. The number of carbonyl (C=O) groups excluding carboxylic acids is 3. The number of unbranched alkanes of at least 4 members (excludes halogenated alkanes) is 52. The van der Waals surface area contributed by atoms with Crippen molar-refractivity contribution >= 4 is 17.9 Å². The molecule has 1 atom stereocenters. The molecule has 0 rings (SSSR count). The van der Waals surface area contributed by atoms with Gasteiger partial charge in [0.05, 0.1) is 0 Å². The van der Waals surface area contributed by atoms with E-state index in [-0.39, 0.29) is 31.1 Å². The fourth-order valence-electron chi connectivity index (χ4n) is 11.1. The Morgan fingerprint density at radius 1 is 0.253 bits per heavy atom. The van der Waals surface area contributed by atoms with Gasteiger partial charge in [0, 0.05) is 19.3 Å². The third-order valence-electron chi connectivity index (χ3n) is 16.5. The van der Waals surface area contributed by atoms with E-state index in [0.717, 1.165) is 70.6 Å². The third kappa shape index (κ3) is 66.6. The molecule has 0 spiro atoms. The van der Waals surface area contributed by atoms with Crippen LogP contribution in [0.25, 0.3) is 0 Å². The lowest BCUT2D eigenvalue weighted by Crippen LogP contribution is -2.30. The molecule has 0 saturated heterocycles. The van der Waals surface area contributed by atoms with Crippen molar-refractivity contribution < 1.29 is 28.6 Å². The first kappa shape index (κ1) is 76.9. The quantitative estimate of drug-likeness (QED) is 0.0261. The highest BCUT2D eigenvalue weighted by Gasteiger charge is 2.19. The van der Waals surface area contributed by atoms with Gasteiger partial charge in [-0.25, -0.2) is 0 Å². The predicted molar refractivity (Wildman–Crippen MR) is 344 cm³/mol. The highest BCUT2D eigenvalue weighted by Crippen LogP contribution is 2.19. The number of ether oxygens (including phenoxy) is 3. The zero-order valence-electron chi connectivity index (χ0n) is 53.7. The van der Waals surface area contributed by atoms with Crippen molar-refractivity contribution in [3.63, 3.8) is 0 Å². The second kappa shape index (κ2) is 68.4. The van der Waals surface area contributed by atoms with Gasteiger partial charge in [-0.3, -0.25) is 14.4 Å². The molecule has 6 heteroatoms. The van der Waals surface area contributed by atoms with E-state index < -0.39 is 6.10 Å². The van der Waals surface area contributed by atoms with E-state index in [1.807, 2.05) is 0 Å². The van der Waals surface area contributed by atoms with Crippen LogP contribution in [0.4, 0.5) is 0 Å². The summed E-state index contributed by atoms with van der Waals surface area (Å²) < 4.78 is 16.9. The van der Waals surface area contributed by atoms with E-state index in [2.05, 4.69) is 45.1 Å². The number of hydrogen-bond acceptors (Lipinski definition) is 6. The lowest BCUT2D eigenvalue weighted by Gasteiger charge is -2.18. The van der Waals surface area contributed by atoms with E-state index in [1.165, 1.54) is 295 Å². The molecule has 6 nitrogen and oxygen atoms in total. The van der Waals surface area contributed by atoms with Crippen LogP contribution in [0, 0.1) is 0 Å². The molecule has 0 aromatic heterocycles. The highest BCUT2D eigenvalue weighted by molar-refractivity contribution is 5.71. The van der Waals surface area contributed by atoms with E-state index >= 15 is 0 Å². The van der Waals surface area contributed by atoms with E-state index in [4.69, 9.17) is 14.2 Å². The average molecular weight is 1110 g/mol. The molecule has 0 N–H and O–H groups in total. The minimum Gasteiger partial charge on any atom is -0.462 e. The first-order chi connectivity index (χ1) is 39.0. The summed E-state index contributed by atoms with van der Waals surface area (Å²) in [5.74, 6) is -0.853. The molecule has 0 aliphatic carbocycles. The Labute approximate surface area is 493 Å². The number of carbonyl (C=O) groups is 3. The summed E-state index contributed by atoms with van der Waals surface area (Å²) in [5.41, 5.74) is 0. The van der Waals surface area contributed by atoms with Crippen molar-refractivity contribution in [2.24, 2.45) is 0 Å². The molecule has 0 fully saturated rings. The highest BCUT2D eigenvalue weighted by atomic mass is 16.6. The van der Waals surface area contributed by atoms with E-state index in [9.17, 15) is 14.4 Å². The second-order valence-electron chi connectivity index (χ2n) is 24.5. The van der Waals surface area contributed by atoms with Crippen molar-refractivity contribution in [3.8, 4) is 0 Å². The van der Waals surface area contributed by atoms with Crippen LogP contribution in [0.3, 0.4) is 0 Å². The van der Waals surface area contributed by atoms with E-state index in [1.54, 1.807) is 0 Å². The van der Waals surface area contributed by atoms with Crippen LogP contribution in [0.1, 0.15) is 406 Å². The predicted octanol–water partition coefficient (Wildman–Crippen LogP) is 24.6. The van der Waals surface area contributed by atoms with Gasteiger partial charge in [0.25, 0.3) is 0 Å². The number of esters is 3. The SMILES string of the molecule is CCCCCC/C=C\C/C=C\CCCCCCCCCC(=O)OC(COC(=O)CCCCCCCCCCC)COC(=O)CCCCCCCCCCCCCCCCCCCCCCCCCCCCCCCCCCCC. The van der Waals surface area contributed by atoms with Gasteiger partial charge in [-0.1, -0.05) is 360 Å². The van der Waals surface area contributed by atoms with Gasteiger partial charge in [-0.05, 0) is 51.4 Å². The van der Waals surface area contributed by atoms with Gasteiger partial charge in [0.1, 0.15) is 13.2 Å². The van der Waals surface area contributed by atoms with Gasteiger partial charge in [-0.2, -0.15) is 0 Å². The Hall–Kier alpha value is -2.11. The van der Waals surface area contributed by atoms with Gasteiger partial charge in [0.2, 0.25) is 0 Å². The Balaban J connectivity index is 3.99. The lowest BCUT2D eigenvalue weighted by molar-refractivity contribution is -0.167. The fourth-order valence-corrected chi connectivity index (χ4v) is 11.1. The van der Waals surface area contributed by atoms with Gasteiger partial charge in [-0.15, -0.1) is 0 Å². The summed E-state index contributed by atoms with van der Waals surface area (Å²) in [6.45, 7) is 6.67. The molecule has 0 radical (unpaired) electrons. The van der Waals surface area contributed by atoms with E-state index in [0.29, 0.717) is 19.3 Å². The zero-order chi connectivity index (χ0) is 57.1. The van der Waals surface area contributed by atoms with Crippen LogP contribution >= 0.6 is 0 Å². The summed E-state index contributed by atoms with van der Waals surface area (Å²) >= 11 is 0. The zero-order valence-corrected chi connectivity index (χ0v) is 53.7.